The summed E-state index contributed by atoms with van der Waals surface area (Å²) in [5.74, 6) is 1.03. The molecule has 2 heteroatoms. The average molecular weight is 147 g/mol. The highest BCUT2D eigenvalue weighted by molar-refractivity contribution is 5.32. The summed E-state index contributed by atoms with van der Waals surface area (Å²) in [5, 5.41) is 0. The van der Waals surface area contributed by atoms with Gasteiger partial charge in [0.15, 0.2) is 0 Å². The molecule has 3 heterocycles. The summed E-state index contributed by atoms with van der Waals surface area (Å²) in [7, 11) is 0. The summed E-state index contributed by atoms with van der Waals surface area (Å²) >= 11 is 0. The summed E-state index contributed by atoms with van der Waals surface area (Å²) in [4.78, 5) is 2.22. The van der Waals surface area contributed by atoms with Crippen molar-refractivity contribution in [2.24, 2.45) is 0 Å². The van der Waals surface area contributed by atoms with Crippen LogP contribution >= 0.6 is 0 Å². The molecule has 3 aliphatic rings. The molecule has 0 aromatic rings. The van der Waals surface area contributed by atoms with Gasteiger partial charge in [0.1, 0.15) is 5.76 Å². The molecule has 3 aliphatic heterocycles. The van der Waals surface area contributed by atoms with E-state index in [1.165, 1.54) is 0 Å². The lowest BCUT2D eigenvalue weighted by atomic mass is 10.1. The maximum atomic E-state index is 5.72. The van der Waals surface area contributed by atoms with E-state index < -0.39 is 0 Å². The summed E-state index contributed by atoms with van der Waals surface area (Å²) in [6.45, 7) is 0.985. The number of ether oxygens (including phenoxy) is 1. The second-order valence-electron chi connectivity index (χ2n) is 3.13. The lowest BCUT2D eigenvalue weighted by Crippen LogP contribution is -2.43. The Balaban J connectivity index is 2.13. The number of fused-ring (bicyclic) bond motifs is 1. The van der Waals surface area contributed by atoms with Crippen LogP contribution in [0.1, 0.15) is 6.42 Å². The van der Waals surface area contributed by atoms with Crippen molar-refractivity contribution in [3.05, 3.63) is 36.3 Å². The Bertz CT molecular complexity index is 290. The minimum absolute atomic E-state index is 0.121. The minimum atomic E-state index is -0.121. The fourth-order valence-electron chi connectivity index (χ4n) is 1.85. The van der Waals surface area contributed by atoms with E-state index in [1.807, 2.05) is 0 Å². The van der Waals surface area contributed by atoms with Gasteiger partial charge in [0.2, 0.25) is 5.72 Å². The van der Waals surface area contributed by atoms with Crippen LogP contribution in [0.5, 0.6) is 0 Å². The Kier molecular flexibility index (Phi) is 0.757. The van der Waals surface area contributed by atoms with Gasteiger partial charge in [0.25, 0.3) is 0 Å². The molecule has 0 aliphatic carbocycles. The van der Waals surface area contributed by atoms with Crippen molar-refractivity contribution >= 4 is 0 Å². The van der Waals surface area contributed by atoms with E-state index in [9.17, 15) is 0 Å². The van der Waals surface area contributed by atoms with Crippen LogP contribution in [0, 0.1) is 0 Å². The zero-order valence-corrected chi connectivity index (χ0v) is 6.16. The first-order valence-corrected chi connectivity index (χ1v) is 3.91. The molecule has 0 radical (unpaired) electrons. The van der Waals surface area contributed by atoms with E-state index in [1.54, 1.807) is 0 Å². The van der Waals surface area contributed by atoms with Crippen molar-refractivity contribution in [1.29, 1.82) is 0 Å². The standard InChI is InChI=1S/C9H9NO/c1-4-9-5-2-8(11-9)3-7-10(9)6-1/h1-3,5-6H,4,7H2. The van der Waals surface area contributed by atoms with E-state index in [-0.39, 0.29) is 5.72 Å². The van der Waals surface area contributed by atoms with Crippen molar-refractivity contribution in [1.82, 2.24) is 4.90 Å². The maximum Gasteiger partial charge on any atom is 0.206 e. The number of nitrogens with zero attached hydrogens (tertiary/aromatic N) is 1. The van der Waals surface area contributed by atoms with Crippen LogP contribution in [0.25, 0.3) is 0 Å². The fourth-order valence-corrected chi connectivity index (χ4v) is 1.85. The van der Waals surface area contributed by atoms with E-state index in [0.717, 1.165) is 18.7 Å². The second kappa shape index (κ2) is 1.52. The third kappa shape index (κ3) is 0.530. The molecule has 0 aromatic carbocycles. The average Bonchev–Trinajstić information content (AvgIpc) is 2.58. The van der Waals surface area contributed by atoms with E-state index in [0.29, 0.717) is 0 Å². The quantitative estimate of drug-likeness (QED) is 0.513. The first-order chi connectivity index (χ1) is 5.39. The van der Waals surface area contributed by atoms with Crippen LogP contribution in [0.15, 0.2) is 36.3 Å². The maximum absolute atomic E-state index is 5.72. The molecular weight excluding hydrogens is 138 g/mol. The van der Waals surface area contributed by atoms with Gasteiger partial charge in [0.05, 0.1) is 0 Å². The Morgan fingerprint density at radius 2 is 2.55 bits per heavy atom. The van der Waals surface area contributed by atoms with Crippen molar-refractivity contribution in [3.63, 3.8) is 0 Å². The molecule has 0 aromatic heterocycles. The van der Waals surface area contributed by atoms with Gasteiger partial charge in [0, 0.05) is 13.0 Å². The molecule has 56 valence electrons. The van der Waals surface area contributed by atoms with Crippen LogP contribution in [0.2, 0.25) is 0 Å². The Morgan fingerprint density at radius 1 is 1.55 bits per heavy atom. The van der Waals surface area contributed by atoms with Crippen molar-refractivity contribution in [2.75, 3.05) is 6.54 Å². The molecular formula is C9H9NO. The highest BCUT2D eigenvalue weighted by Crippen LogP contribution is 2.39. The number of allylic oxidation sites excluding steroid dienone is 1. The molecule has 11 heavy (non-hydrogen) atoms. The van der Waals surface area contributed by atoms with Crippen LogP contribution < -0.4 is 0 Å². The molecule has 0 N–H and O–H groups in total. The normalized spacial score (nSPS) is 37.1. The van der Waals surface area contributed by atoms with Gasteiger partial charge in [-0.1, -0.05) is 6.08 Å². The van der Waals surface area contributed by atoms with E-state index in [2.05, 4.69) is 35.4 Å². The Hall–Kier alpha value is -1.18. The summed E-state index contributed by atoms with van der Waals surface area (Å²) in [6.07, 6.45) is 11.6. The van der Waals surface area contributed by atoms with Crippen LogP contribution in [0.3, 0.4) is 0 Å². The topological polar surface area (TPSA) is 12.5 Å². The monoisotopic (exact) mass is 147 g/mol. The predicted octanol–water partition coefficient (Wildman–Crippen LogP) is 1.39. The third-order valence-electron chi connectivity index (χ3n) is 2.47. The number of hydrogen-bond acceptors (Lipinski definition) is 2. The molecule has 3 rings (SSSR count). The first-order valence-electron chi connectivity index (χ1n) is 3.91. The van der Waals surface area contributed by atoms with Crippen molar-refractivity contribution in [3.8, 4) is 0 Å². The first kappa shape index (κ1) is 5.47. The van der Waals surface area contributed by atoms with Gasteiger partial charge in [-0.05, 0) is 24.4 Å². The summed E-state index contributed by atoms with van der Waals surface area (Å²) in [5.41, 5.74) is -0.121. The summed E-state index contributed by atoms with van der Waals surface area (Å²) < 4.78 is 5.72. The van der Waals surface area contributed by atoms with Gasteiger partial charge in [-0.15, -0.1) is 0 Å². The number of hydrogen-bond donors (Lipinski definition) is 0. The van der Waals surface area contributed by atoms with Gasteiger partial charge in [-0.2, -0.15) is 0 Å². The highest BCUT2D eigenvalue weighted by atomic mass is 16.5. The highest BCUT2D eigenvalue weighted by Gasteiger charge is 2.42. The van der Waals surface area contributed by atoms with Gasteiger partial charge < -0.3 is 9.64 Å². The Morgan fingerprint density at radius 3 is 3.55 bits per heavy atom. The molecule has 0 amide bonds. The third-order valence-corrected chi connectivity index (χ3v) is 2.47. The van der Waals surface area contributed by atoms with Gasteiger partial charge >= 0.3 is 0 Å². The lowest BCUT2D eigenvalue weighted by molar-refractivity contribution is -0.0434. The summed E-state index contributed by atoms with van der Waals surface area (Å²) in [6, 6.07) is 0. The zero-order valence-electron chi connectivity index (χ0n) is 6.16. The molecule has 0 fully saturated rings. The predicted molar refractivity (Wildman–Crippen MR) is 41.5 cm³/mol. The van der Waals surface area contributed by atoms with E-state index >= 15 is 0 Å². The van der Waals surface area contributed by atoms with Gasteiger partial charge in [-0.3, -0.25) is 0 Å². The molecule has 2 bridgehead atoms. The SMILES string of the molecule is C1=CN2CC=C3C=CC2(C1)O3. The van der Waals surface area contributed by atoms with Gasteiger partial charge in [-0.25, -0.2) is 0 Å². The van der Waals surface area contributed by atoms with Crippen LogP contribution in [0.4, 0.5) is 0 Å². The fraction of sp³-hybridized carbons (Fsp3) is 0.333. The Labute approximate surface area is 65.4 Å². The van der Waals surface area contributed by atoms with Crippen molar-refractivity contribution in [2.45, 2.75) is 12.1 Å². The smallest absolute Gasteiger partial charge is 0.206 e. The van der Waals surface area contributed by atoms with Crippen LogP contribution in [-0.4, -0.2) is 17.2 Å². The minimum Gasteiger partial charge on any atom is -0.464 e. The lowest BCUT2D eigenvalue weighted by Gasteiger charge is -2.36. The number of rotatable bonds is 0. The molecule has 2 nitrogen and oxygen atoms in total. The zero-order chi connectivity index (χ0) is 7.31. The second-order valence-corrected chi connectivity index (χ2v) is 3.13. The molecule has 0 saturated carbocycles. The molecule has 1 spiro atoms. The molecule has 1 atom stereocenters. The molecule has 0 saturated heterocycles. The van der Waals surface area contributed by atoms with E-state index in [4.69, 9.17) is 4.74 Å². The largest absolute Gasteiger partial charge is 0.464 e. The van der Waals surface area contributed by atoms with Crippen molar-refractivity contribution < 1.29 is 4.74 Å². The van der Waals surface area contributed by atoms with Crippen LogP contribution in [-0.2, 0) is 4.74 Å². The molecule has 1 unspecified atom stereocenters.